The highest BCUT2D eigenvalue weighted by Gasteiger charge is 2.33. The normalized spacial score (nSPS) is 18.1. The summed E-state index contributed by atoms with van der Waals surface area (Å²) in [5.74, 6) is -0.338. The zero-order valence-electron chi connectivity index (χ0n) is 13.7. The smallest absolute Gasteiger partial charge is 0.282 e. The predicted molar refractivity (Wildman–Crippen MR) is 93.2 cm³/mol. The molecule has 1 aliphatic heterocycles. The number of aliphatic hydroxyl groups is 1. The first-order chi connectivity index (χ1) is 12.1. The van der Waals surface area contributed by atoms with Gasteiger partial charge in [-0.05, 0) is 30.9 Å². The van der Waals surface area contributed by atoms with Crippen LogP contribution in [0.25, 0.3) is 0 Å². The van der Waals surface area contributed by atoms with Crippen molar-refractivity contribution in [3.8, 4) is 0 Å². The van der Waals surface area contributed by atoms with Gasteiger partial charge in [0.15, 0.2) is 0 Å². The third kappa shape index (κ3) is 3.69. The van der Waals surface area contributed by atoms with Gasteiger partial charge in [0.1, 0.15) is 5.56 Å². The largest absolute Gasteiger partial charge is 0.388 e. The molecule has 0 radical (unpaired) electrons. The topological polar surface area (TPSA) is 83.7 Å². The molecule has 0 bridgehead atoms. The number of carbonyl (C=O) groups is 1. The Morgan fingerprint density at radius 2 is 1.88 bits per heavy atom. The molecule has 1 saturated heterocycles. The van der Waals surface area contributed by atoms with E-state index in [4.69, 9.17) is 0 Å². The lowest BCUT2D eigenvalue weighted by Crippen LogP contribution is -2.36. The molecule has 0 unspecified atom stereocenters. The van der Waals surface area contributed by atoms with E-state index in [9.17, 15) is 20.0 Å². The molecule has 25 heavy (non-hydrogen) atoms. The molecule has 130 valence electrons. The van der Waals surface area contributed by atoms with Crippen LogP contribution < -0.4 is 0 Å². The van der Waals surface area contributed by atoms with Crippen molar-refractivity contribution in [3.63, 3.8) is 0 Å². The van der Waals surface area contributed by atoms with Crippen molar-refractivity contribution in [2.24, 2.45) is 0 Å². The number of likely N-dealkylation sites (tertiary alicyclic amines) is 1. The summed E-state index contributed by atoms with van der Waals surface area (Å²) in [4.78, 5) is 25.2. The van der Waals surface area contributed by atoms with E-state index in [1.165, 1.54) is 12.1 Å². The van der Waals surface area contributed by atoms with E-state index in [-0.39, 0.29) is 23.2 Å². The summed E-state index contributed by atoms with van der Waals surface area (Å²) in [6, 6.07) is 15.2. The second-order valence-electron chi connectivity index (χ2n) is 6.23. The average Bonchev–Trinajstić information content (AvgIpc) is 3.09. The van der Waals surface area contributed by atoms with E-state index in [1.807, 2.05) is 30.3 Å². The number of hydrogen-bond donors (Lipinski definition) is 1. The second kappa shape index (κ2) is 7.44. The summed E-state index contributed by atoms with van der Waals surface area (Å²) in [7, 11) is 0. The first kappa shape index (κ1) is 17.1. The van der Waals surface area contributed by atoms with Crippen LogP contribution in [0.2, 0.25) is 0 Å². The van der Waals surface area contributed by atoms with Crippen LogP contribution in [0.3, 0.4) is 0 Å². The summed E-state index contributed by atoms with van der Waals surface area (Å²) in [5.41, 5.74) is 0.739. The second-order valence-corrected chi connectivity index (χ2v) is 6.23. The first-order valence-corrected chi connectivity index (χ1v) is 8.35. The number of nitro groups is 1. The molecule has 1 fully saturated rings. The van der Waals surface area contributed by atoms with Crippen molar-refractivity contribution < 1.29 is 14.8 Å². The third-order valence-corrected chi connectivity index (χ3v) is 4.65. The Balaban J connectivity index is 1.78. The van der Waals surface area contributed by atoms with Crippen molar-refractivity contribution in [2.75, 3.05) is 6.54 Å². The van der Waals surface area contributed by atoms with E-state index in [1.54, 1.807) is 17.0 Å². The highest BCUT2D eigenvalue weighted by Crippen LogP contribution is 2.30. The quantitative estimate of drug-likeness (QED) is 0.668. The van der Waals surface area contributed by atoms with Gasteiger partial charge < -0.3 is 10.0 Å². The van der Waals surface area contributed by atoms with Crippen LogP contribution in [0.4, 0.5) is 5.69 Å². The van der Waals surface area contributed by atoms with Gasteiger partial charge in [0.2, 0.25) is 0 Å². The minimum atomic E-state index is -0.662. The maximum absolute atomic E-state index is 12.8. The Kier molecular flexibility index (Phi) is 5.09. The summed E-state index contributed by atoms with van der Waals surface area (Å²) in [5, 5.41) is 21.6. The number of nitrogens with zero attached hydrogens (tertiary/aromatic N) is 2. The molecule has 1 amide bonds. The Hall–Kier alpha value is -2.73. The van der Waals surface area contributed by atoms with Crippen LogP contribution in [0.5, 0.6) is 0 Å². The van der Waals surface area contributed by atoms with Gasteiger partial charge in [-0.2, -0.15) is 0 Å². The molecular formula is C19H20N2O4. The number of hydrogen-bond acceptors (Lipinski definition) is 4. The van der Waals surface area contributed by atoms with Gasteiger partial charge in [-0.25, -0.2) is 0 Å². The molecule has 0 spiro atoms. The molecule has 2 aromatic carbocycles. The number of nitro benzene ring substituents is 1. The van der Waals surface area contributed by atoms with Gasteiger partial charge in [0.25, 0.3) is 11.6 Å². The Labute approximate surface area is 145 Å². The van der Waals surface area contributed by atoms with E-state index in [0.717, 1.165) is 18.4 Å². The highest BCUT2D eigenvalue weighted by molar-refractivity contribution is 5.98. The molecule has 2 aromatic rings. The molecule has 0 aromatic heterocycles. The summed E-state index contributed by atoms with van der Waals surface area (Å²) < 4.78 is 0. The standard InChI is InChI=1S/C19H20N2O4/c22-18(14-7-2-1-3-8-14)13-15-9-6-12-20(15)19(23)16-10-4-5-11-17(16)21(24)25/h1-5,7-8,10-11,15,18,22H,6,9,12-13H2/t15-,18-/m0/s1. The van der Waals surface area contributed by atoms with Crippen molar-refractivity contribution in [1.82, 2.24) is 4.90 Å². The number of carbonyl (C=O) groups excluding carboxylic acids is 1. The highest BCUT2D eigenvalue weighted by atomic mass is 16.6. The minimum Gasteiger partial charge on any atom is -0.388 e. The Bertz CT molecular complexity index is 763. The van der Waals surface area contributed by atoms with E-state index >= 15 is 0 Å². The SMILES string of the molecule is O=C(c1ccccc1[N+](=O)[O-])N1CCC[C@H]1C[C@H](O)c1ccccc1. The number of aliphatic hydroxyl groups excluding tert-OH is 1. The monoisotopic (exact) mass is 340 g/mol. The fourth-order valence-electron chi connectivity index (χ4n) is 3.39. The fraction of sp³-hybridized carbons (Fsp3) is 0.316. The zero-order valence-corrected chi connectivity index (χ0v) is 13.7. The number of amides is 1. The maximum atomic E-state index is 12.8. The first-order valence-electron chi connectivity index (χ1n) is 8.35. The van der Waals surface area contributed by atoms with Gasteiger partial charge >= 0.3 is 0 Å². The minimum absolute atomic E-state index is 0.105. The lowest BCUT2D eigenvalue weighted by atomic mass is 10.00. The molecule has 0 aliphatic carbocycles. The zero-order chi connectivity index (χ0) is 17.8. The molecule has 0 saturated carbocycles. The molecular weight excluding hydrogens is 320 g/mol. The van der Waals surface area contributed by atoms with E-state index < -0.39 is 11.0 Å². The van der Waals surface area contributed by atoms with Gasteiger partial charge in [-0.3, -0.25) is 14.9 Å². The maximum Gasteiger partial charge on any atom is 0.282 e. The number of benzene rings is 2. The lowest BCUT2D eigenvalue weighted by molar-refractivity contribution is -0.385. The molecule has 1 aliphatic rings. The van der Waals surface area contributed by atoms with Gasteiger partial charge in [0, 0.05) is 18.7 Å². The van der Waals surface area contributed by atoms with Crippen molar-refractivity contribution >= 4 is 11.6 Å². The van der Waals surface area contributed by atoms with Crippen LogP contribution >= 0.6 is 0 Å². The third-order valence-electron chi connectivity index (χ3n) is 4.65. The molecule has 2 atom stereocenters. The van der Waals surface area contributed by atoms with Crippen LogP contribution in [-0.4, -0.2) is 33.4 Å². The predicted octanol–water partition coefficient (Wildman–Crippen LogP) is 3.32. The van der Waals surface area contributed by atoms with E-state index in [0.29, 0.717) is 13.0 Å². The van der Waals surface area contributed by atoms with Crippen LogP contribution in [0.15, 0.2) is 54.6 Å². The molecule has 3 rings (SSSR count). The van der Waals surface area contributed by atoms with Crippen LogP contribution in [-0.2, 0) is 0 Å². The van der Waals surface area contributed by atoms with Crippen molar-refractivity contribution in [1.29, 1.82) is 0 Å². The summed E-state index contributed by atoms with van der Waals surface area (Å²) >= 11 is 0. The summed E-state index contributed by atoms with van der Waals surface area (Å²) in [6.07, 6.45) is 1.39. The van der Waals surface area contributed by atoms with Crippen LogP contribution in [0, 0.1) is 10.1 Å². The Morgan fingerprint density at radius 1 is 1.20 bits per heavy atom. The lowest BCUT2D eigenvalue weighted by Gasteiger charge is -2.26. The molecule has 6 nitrogen and oxygen atoms in total. The van der Waals surface area contributed by atoms with E-state index in [2.05, 4.69) is 0 Å². The van der Waals surface area contributed by atoms with Crippen molar-refractivity contribution in [2.45, 2.75) is 31.4 Å². The molecule has 1 N–H and O–H groups in total. The van der Waals surface area contributed by atoms with Crippen molar-refractivity contribution in [3.05, 3.63) is 75.8 Å². The Morgan fingerprint density at radius 3 is 2.60 bits per heavy atom. The number of rotatable bonds is 5. The molecule has 1 heterocycles. The summed E-state index contributed by atoms with van der Waals surface area (Å²) in [6.45, 7) is 0.553. The fourth-order valence-corrected chi connectivity index (χ4v) is 3.39. The molecule has 6 heteroatoms. The average molecular weight is 340 g/mol. The number of para-hydroxylation sites is 1. The van der Waals surface area contributed by atoms with Gasteiger partial charge in [0.05, 0.1) is 11.0 Å². The van der Waals surface area contributed by atoms with Gasteiger partial charge in [-0.1, -0.05) is 42.5 Å². The van der Waals surface area contributed by atoms with Crippen LogP contribution in [0.1, 0.15) is 41.3 Å². The van der Waals surface area contributed by atoms with Gasteiger partial charge in [-0.15, -0.1) is 0 Å².